The average molecular weight is 515 g/mol. The zero-order chi connectivity index (χ0) is 22.5. The van der Waals surface area contributed by atoms with Crippen molar-refractivity contribution in [3.63, 3.8) is 0 Å². The van der Waals surface area contributed by atoms with Gasteiger partial charge >= 0.3 is 0 Å². The van der Waals surface area contributed by atoms with Crippen LogP contribution in [0.25, 0.3) is 0 Å². The zero-order valence-corrected chi connectivity index (χ0v) is 21.5. The second-order valence-electron chi connectivity index (χ2n) is 8.55. The number of carbonyl (C=O) groups is 1. The van der Waals surface area contributed by atoms with Crippen LogP contribution in [-0.4, -0.2) is 29.3 Å². The summed E-state index contributed by atoms with van der Waals surface area (Å²) in [7, 11) is -5.97. The minimum absolute atomic E-state index is 0.104. The zero-order valence-electron chi connectivity index (χ0n) is 18.1. The van der Waals surface area contributed by atoms with Crippen LogP contribution >= 0.6 is 15.9 Å². The molecule has 3 nitrogen and oxygen atoms in total. The average Bonchev–Trinajstić information content (AvgIpc) is 2.78. The standard InChI is InChI=1S/C25H28BrNO2SSi/c1-25(2,3)31(23-15-9-5-10-16-23,24-17-11-6-12-18-24)27-30(29,20-21(28)19-26)22-13-7-4-8-14-22/h4-18H,19-20H2,1-3H3. The summed E-state index contributed by atoms with van der Waals surface area (Å²) in [5.74, 6) is -0.220. The topological polar surface area (TPSA) is 46.5 Å². The van der Waals surface area contributed by atoms with E-state index >= 15 is 0 Å². The first-order chi connectivity index (χ1) is 14.7. The summed E-state index contributed by atoms with van der Waals surface area (Å²) >= 11 is 3.24. The summed E-state index contributed by atoms with van der Waals surface area (Å²) < 4.78 is 19.9. The van der Waals surface area contributed by atoms with Crippen LogP contribution in [0.15, 0.2) is 99.9 Å². The van der Waals surface area contributed by atoms with Crippen molar-refractivity contribution in [3.05, 3.63) is 91.0 Å². The Balaban J connectivity index is 2.46. The number of alkyl halides is 1. The van der Waals surface area contributed by atoms with Crippen LogP contribution in [0.3, 0.4) is 0 Å². The second-order valence-corrected chi connectivity index (χ2v) is 16.0. The van der Waals surface area contributed by atoms with Crippen LogP contribution in [0.1, 0.15) is 20.8 Å². The van der Waals surface area contributed by atoms with E-state index in [2.05, 4.69) is 61.0 Å². The Hall–Kier alpha value is -2.02. The van der Waals surface area contributed by atoms with Crippen LogP contribution in [-0.2, 0) is 14.5 Å². The summed E-state index contributed by atoms with van der Waals surface area (Å²) in [5, 5.41) is 2.05. The lowest BCUT2D eigenvalue weighted by atomic mass is 10.2. The summed E-state index contributed by atoms with van der Waals surface area (Å²) in [6, 6.07) is 29.6. The number of Topliss-reactive ketones (excluding diaryl/α,β-unsaturated/α-hetero) is 1. The highest BCUT2D eigenvalue weighted by Gasteiger charge is 2.50. The van der Waals surface area contributed by atoms with Gasteiger partial charge in [-0.2, -0.15) is 0 Å². The normalized spacial score (nSPS) is 13.9. The molecule has 0 aliphatic heterocycles. The van der Waals surface area contributed by atoms with Gasteiger partial charge in [0.25, 0.3) is 8.24 Å². The van der Waals surface area contributed by atoms with Gasteiger partial charge in [0.2, 0.25) is 0 Å². The molecule has 31 heavy (non-hydrogen) atoms. The molecule has 162 valence electrons. The molecule has 1 atom stereocenters. The minimum atomic E-state index is -3.01. The molecule has 0 radical (unpaired) electrons. The highest BCUT2D eigenvalue weighted by atomic mass is 79.9. The SMILES string of the molecule is CC(C)(C)[Si](N=S(=O)(CC(=O)CBr)c1ccccc1)(c1ccccc1)c1ccccc1. The monoisotopic (exact) mass is 513 g/mol. The molecular weight excluding hydrogens is 486 g/mol. The minimum Gasteiger partial charge on any atom is -0.298 e. The van der Waals surface area contributed by atoms with Crippen molar-refractivity contribution < 1.29 is 9.00 Å². The molecule has 0 saturated carbocycles. The molecule has 1 unspecified atom stereocenters. The Morgan fingerprint density at radius 1 is 0.839 bits per heavy atom. The number of ketones is 1. The van der Waals surface area contributed by atoms with Gasteiger partial charge < -0.3 is 0 Å². The van der Waals surface area contributed by atoms with Gasteiger partial charge in [-0.05, 0) is 27.5 Å². The molecule has 0 N–H and O–H groups in total. The fraction of sp³-hybridized carbons (Fsp3) is 0.240. The van der Waals surface area contributed by atoms with E-state index in [1.807, 2.05) is 66.7 Å². The predicted molar refractivity (Wildman–Crippen MR) is 137 cm³/mol. The number of hydrogen-bond donors (Lipinski definition) is 0. The highest BCUT2D eigenvalue weighted by Crippen LogP contribution is 2.38. The lowest BCUT2D eigenvalue weighted by Crippen LogP contribution is -2.63. The Kier molecular flexibility index (Phi) is 7.34. The van der Waals surface area contributed by atoms with Gasteiger partial charge in [-0.15, -0.1) is 0 Å². The molecule has 0 aromatic heterocycles. The summed E-state index contributed by atoms with van der Waals surface area (Å²) in [5.41, 5.74) is 0. The van der Waals surface area contributed by atoms with E-state index < -0.39 is 18.0 Å². The molecule has 0 aliphatic carbocycles. The maximum Gasteiger partial charge on any atom is 0.260 e. The third-order valence-corrected chi connectivity index (χ3v) is 14.5. The smallest absolute Gasteiger partial charge is 0.260 e. The molecule has 0 amide bonds. The van der Waals surface area contributed by atoms with Crippen LogP contribution in [0.5, 0.6) is 0 Å². The number of hydrogen-bond acceptors (Lipinski definition) is 3. The van der Waals surface area contributed by atoms with Crippen LogP contribution in [0.4, 0.5) is 0 Å². The van der Waals surface area contributed by atoms with Gasteiger partial charge in [0.15, 0.2) is 5.78 Å². The molecule has 3 aromatic carbocycles. The lowest BCUT2D eigenvalue weighted by Gasteiger charge is -2.40. The number of rotatable bonds is 7. The molecule has 0 heterocycles. The van der Waals surface area contributed by atoms with Crippen molar-refractivity contribution in [2.45, 2.75) is 30.7 Å². The Morgan fingerprint density at radius 3 is 1.65 bits per heavy atom. The fourth-order valence-electron chi connectivity index (χ4n) is 3.91. The van der Waals surface area contributed by atoms with E-state index in [1.54, 1.807) is 0 Å². The van der Waals surface area contributed by atoms with Crippen molar-refractivity contribution in [2.24, 2.45) is 4.03 Å². The first kappa shape index (κ1) is 23.6. The largest absolute Gasteiger partial charge is 0.298 e. The lowest BCUT2D eigenvalue weighted by molar-refractivity contribution is -0.114. The third-order valence-electron chi connectivity index (χ3n) is 5.37. The highest BCUT2D eigenvalue weighted by molar-refractivity contribution is 9.09. The molecule has 6 heteroatoms. The molecule has 3 aromatic rings. The van der Waals surface area contributed by atoms with E-state index in [1.165, 1.54) is 0 Å². The van der Waals surface area contributed by atoms with Crippen molar-refractivity contribution in [2.75, 3.05) is 11.1 Å². The predicted octanol–water partition coefficient (Wildman–Crippen LogP) is 5.04. The quantitative estimate of drug-likeness (QED) is 0.328. The molecular formula is C25H28BrNO2SSi. The van der Waals surface area contributed by atoms with Gasteiger partial charge in [0, 0.05) is 4.90 Å². The van der Waals surface area contributed by atoms with E-state index in [4.69, 9.17) is 4.03 Å². The number of carbonyl (C=O) groups excluding carboxylic acids is 1. The van der Waals surface area contributed by atoms with Crippen molar-refractivity contribution in [1.29, 1.82) is 0 Å². The van der Waals surface area contributed by atoms with Crippen LogP contribution in [0.2, 0.25) is 5.04 Å². The van der Waals surface area contributed by atoms with Crippen molar-refractivity contribution in [3.8, 4) is 0 Å². The number of halogens is 1. The van der Waals surface area contributed by atoms with Crippen molar-refractivity contribution >= 4 is 50.1 Å². The van der Waals surface area contributed by atoms with Crippen LogP contribution < -0.4 is 10.4 Å². The van der Waals surface area contributed by atoms with Gasteiger partial charge in [0.1, 0.15) is 0 Å². The molecule has 3 rings (SSSR count). The molecule has 0 fully saturated rings. The van der Waals surface area contributed by atoms with Gasteiger partial charge in [0.05, 0.1) is 20.8 Å². The van der Waals surface area contributed by atoms with E-state index in [-0.39, 0.29) is 21.9 Å². The third kappa shape index (κ3) is 4.91. The fourth-order valence-corrected chi connectivity index (χ4v) is 13.5. The molecule has 0 aliphatic rings. The molecule has 0 saturated heterocycles. The number of benzene rings is 3. The van der Waals surface area contributed by atoms with Crippen molar-refractivity contribution in [1.82, 2.24) is 0 Å². The second kappa shape index (κ2) is 9.63. The summed E-state index contributed by atoms with van der Waals surface area (Å²) in [4.78, 5) is 13.1. The van der Waals surface area contributed by atoms with E-state index in [0.717, 1.165) is 10.4 Å². The Bertz CT molecular complexity index is 1100. The number of nitrogens with zero attached hydrogens (tertiary/aromatic N) is 1. The van der Waals surface area contributed by atoms with Gasteiger partial charge in [-0.3, -0.25) is 8.82 Å². The first-order valence-electron chi connectivity index (χ1n) is 10.2. The van der Waals surface area contributed by atoms with E-state index in [9.17, 15) is 9.00 Å². The summed E-state index contributed by atoms with van der Waals surface area (Å²) in [6.45, 7) is 6.50. The van der Waals surface area contributed by atoms with Gasteiger partial charge in [-0.25, -0.2) is 4.21 Å². The molecule has 0 bridgehead atoms. The maximum atomic E-state index is 14.6. The Labute approximate surface area is 195 Å². The first-order valence-corrected chi connectivity index (χ1v) is 15.0. The van der Waals surface area contributed by atoms with Gasteiger partial charge in [-0.1, -0.05) is 116 Å². The molecule has 0 spiro atoms. The van der Waals surface area contributed by atoms with Crippen LogP contribution in [0, 0.1) is 0 Å². The summed E-state index contributed by atoms with van der Waals surface area (Å²) in [6.07, 6.45) is 0. The van der Waals surface area contributed by atoms with E-state index in [0.29, 0.717) is 4.90 Å². The maximum absolute atomic E-state index is 14.6. The Morgan fingerprint density at radius 2 is 1.26 bits per heavy atom.